The van der Waals surface area contributed by atoms with E-state index in [9.17, 15) is 0 Å². The lowest BCUT2D eigenvalue weighted by Gasteiger charge is -2.47. The highest BCUT2D eigenvalue weighted by molar-refractivity contribution is 7.00. The van der Waals surface area contributed by atoms with Gasteiger partial charge < -0.3 is 9.80 Å². The van der Waals surface area contributed by atoms with Crippen molar-refractivity contribution in [3.63, 3.8) is 0 Å². The van der Waals surface area contributed by atoms with Crippen molar-refractivity contribution in [1.29, 1.82) is 0 Å². The average Bonchev–Trinajstić information content (AvgIpc) is 0.692. The Morgan fingerprint density at radius 3 is 0.789 bits per heavy atom. The van der Waals surface area contributed by atoms with Gasteiger partial charge in [0.15, 0.2) is 0 Å². The summed E-state index contributed by atoms with van der Waals surface area (Å²) in [6, 6.07) is 129. The summed E-state index contributed by atoms with van der Waals surface area (Å²) >= 11 is 0. The van der Waals surface area contributed by atoms with Gasteiger partial charge in [-0.25, -0.2) is 0 Å². The van der Waals surface area contributed by atoms with Gasteiger partial charge >= 0.3 is 0 Å². The summed E-state index contributed by atoms with van der Waals surface area (Å²) < 4.78 is 0. The van der Waals surface area contributed by atoms with Gasteiger partial charge in [-0.05, 0) is 143 Å². The molecule has 0 amide bonds. The number of hydrogen-bond acceptors (Lipinski definition) is 2. The van der Waals surface area contributed by atoms with Crippen molar-refractivity contribution in [2.75, 3.05) is 9.80 Å². The first-order valence-corrected chi connectivity index (χ1v) is 31.3. The molecule has 3 heteroatoms. The summed E-state index contributed by atoms with van der Waals surface area (Å²) in [5.41, 5.74) is 30.9. The zero-order chi connectivity index (χ0) is 60.1. The van der Waals surface area contributed by atoms with E-state index in [0.717, 1.165) is 101 Å². The summed E-state index contributed by atoms with van der Waals surface area (Å²) in [6.07, 6.45) is 0. The SMILES string of the molecule is CC(C)(c1ccccc1)c1cc2c3c(c1)N(c1c(-c4ccccc4)cc(-c4ccccc4)cc1-c1ccccc1)c1ccc(-c4ccccc4)cc1B3c1cc(-c3ccccc3)ccc1N2c1c(-c2ccccc2)cc(-c2ccccc2)cc1-c1ccccc1. The first kappa shape index (κ1) is 54.2. The second kappa shape index (κ2) is 22.8. The van der Waals surface area contributed by atoms with Crippen LogP contribution in [0.5, 0.6) is 0 Å². The molecule has 14 aromatic rings. The van der Waals surface area contributed by atoms with E-state index in [0.29, 0.717) is 0 Å². The Morgan fingerprint density at radius 2 is 0.489 bits per heavy atom. The number of nitrogens with zero attached hydrogens (tertiary/aromatic N) is 2. The van der Waals surface area contributed by atoms with Gasteiger partial charge in [0.2, 0.25) is 0 Å². The lowest BCUT2D eigenvalue weighted by atomic mass is 9.33. The van der Waals surface area contributed by atoms with Gasteiger partial charge in [-0.1, -0.05) is 311 Å². The van der Waals surface area contributed by atoms with Crippen LogP contribution in [0.1, 0.15) is 25.0 Å². The Balaban J connectivity index is 1.11. The lowest BCUT2D eigenvalue weighted by Crippen LogP contribution is -2.61. The molecule has 0 saturated heterocycles. The Bertz CT molecular complexity index is 4520. The lowest BCUT2D eigenvalue weighted by molar-refractivity contribution is 0.641. The molecule has 16 rings (SSSR count). The van der Waals surface area contributed by atoms with E-state index >= 15 is 0 Å². The zero-order valence-electron chi connectivity index (χ0n) is 50.4. The third-order valence-corrected chi connectivity index (χ3v) is 18.7. The molecule has 2 aliphatic rings. The van der Waals surface area contributed by atoms with Gasteiger partial charge in [0.05, 0.1) is 11.4 Å². The van der Waals surface area contributed by atoms with Crippen molar-refractivity contribution < 1.29 is 0 Å². The van der Waals surface area contributed by atoms with Gasteiger partial charge in [-0.3, -0.25) is 0 Å². The van der Waals surface area contributed by atoms with Crippen molar-refractivity contribution in [3.05, 3.63) is 357 Å². The molecule has 0 aromatic heterocycles. The summed E-state index contributed by atoms with van der Waals surface area (Å²) in [7, 11) is 0. The molecule has 0 aliphatic carbocycles. The van der Waals surface area contributed by atoms with Gasteiger partial charge in [0, 0.05) is 50.4 Å². The number of hydrogen-bond donors (Lipinski definition) is 0. The molecular formula is C87H63BN2. The van der Waals surface area contributed by atoms with Gasteiger partial charge in [-0.2, -0.15) is 0 Å². The third-order valence-electron chi connectivity index (χ3n) is 18.7. The Morgan fingerprint density at radius 1 is 0.222 bits per heavy atom. The summed E-state index contributed by atoms with van der Waals surface area (Å²) in [5.74, 6) is 0. The molecular weight excluding hydrogens is 1080 g/mol. The highest BCUT2D eigenvalue weighted by Crippen LogP contribution is 2.55. The molecule has 0 saturated carbocycles. The first-order valence-electron chi connectivity index (χ1n) is 31.3. The summed E-state index contributed by atoms with van der Waals surface area (Å²) in [5, 5.41) is 0. The van der Waals surface area contributed by atoms with E-state index in [1.165, 1.54) is 49.8 Å². The maximum Gasteiger partial charge on any atom is 0.252 e. The standard InChI is InChI=1S/C87H63BN2/c1-87(2,72-46-28-11-29-47-72)73-58-82-84-83(59-73)90(86-76(66-42-24-9-25-43-66)54-71(63-36-18-6-19-37-63)55-77(86)67-44-26-10-27-45-67)81-51-49-69(61-32-14-4-15-33-61)57-79(81)88(84)78-56-68(60-30-12-3-13-31-60)48-50-80(78)89(82)85-74(64-38-20-7-21-39-64)52-70(62-34-16-5-17-35-62)53-75(85)65-40-22-8-23-41-65/h3-59H,1-2H3. The maximum atomic E-state index is 2.68. The van der Waals surface area contributed by atoms with Gasteiger partial charge in [0.25, 0.3) is 6.71 Å². The van der Waals surface area contributed by atoms with Gasteiger partial charge in [0.1, 0.15) is 0 Å². The maximum absolute atomic E-state index is 2.68. The normalized spacial score (nSPS) is 12.3. The van der Waals surface area contributed by atoms with Crippen molar-refractivity contribution in [2.24, 2.45) is 0 Å². The molecule has 90 heavy (non-hydrogen) atoms. The second-order valence-electron chi connectivity index (χ2n) is 24.3. The van der Waals surface area contributed by atoms with E-state index in [-0.39, 0.29) is 6.71 Å². The van der Waals surface area contributed by atoms with E-state index < -0.39 is 5.41 Å². The van der Waals surface area contributed by atoms with Crippen LogP contribution in [0.15, 0.2) is 346 Å². The molecule has 2 nitrogen and oxygen atoms in total. The quantitative estimate of drug-likeness (QED) is 0.113. The Kier molecular flexibility index (Phi) is 13.7. The Labute approximate surface area is 529 Å². The van der Waals surface area contributed by atoms with Crippen molar-refractivity contribution >= 4 is 57.2 Å². The molecule has 14 aromatic carbocycles. The smallest absolute Gasteiger partial charge is 0.252 e. The number of benzene rings is 14. The fourth-order valence-corrected chi connectivity index (χ4v) is 14.2. The molecule has 0 bridgehead atoms. The van der Waals surface area contributed by atoms with E-state index in [4.69, 9.17) is 0 Å². The number of rotatable bonds is 12. The van der Waals surface area contributed by atoms with E-state index in [1.54, 1.807) is 0 Å². The first-order chi connectivity index (χ1) is 44.4. The summed E-state index contributed by atoms with van der Waals surface area (Å²) in [6.45, 7) is 4.60. The Hall–Kier alpha value is -11.3. The van der Waals surface area contributed by atoms with Crippen molar-refractivity contribution in [2.45, 2.75) is 19.3 Å². The molecule has 0 radical (unpaired) electrons. The van der Waals surface area contributed by atoms with Crippen molar-refractivity contribution in [1.82, 2.24) is 0 Å². The highest BCUT2D eigenvalue weighted by Gasteiger charge is 2.46. The number of anilines is 6. The molecule has 2 aliphatic heterocycles. The predicted molar refractivity (Wildman–Crippen MR) is 383 cm³/mol. The minimum absolute atomic E-state index is 0.221. The largest absolute Gasteiger partial charge is 0.310 e. The van der Waals surface area contributed by atoms with Crippen LogP contribution in [0.25, 0.3) is 89.0 Å². The van der Waals surface area contributed by atoms with Crippen molar-refractivity contribution in [3.8, 4) is 89.0 Å². The minimum atomic E-state index is -0.474. The van der Waals surface area contributed by atoms with Crippen LogP contribution >= 0.6 is 0 Å². The van der Waals surface area contributed by atoms with Crippen LogP contribution in [0, 0.1) is 0 Å². The molecule has 0 unspecified atom stereocenters. The van der Waals surface area contributed by atoms with Crippen LogP contribution in [0.2, 0.25) is 0 Å². The molecule has 0 spiro atoms. The van der Waals surface area contributed by atoms with Crippen LogP contribution < -0.4 is 26.2 Å². The van der Waals surface area contributed by atoms with Crippen LogP contribution in [0.4, 0.5) is 34.1 Å². The highest BCUT2D eigenvalue weighted by atomic mass is 15.2. The van der Waals surface area contributed by atoms with E-state index in [2.05, 4.69) is 369 Å². The number of fused-ring (bicyclic) bond motifs is 4. The molecule has 0 fully saturated rings. The zero-order valence-corrected chi connectivity index (χ0v) is 50.4. The second-order valence-corrected chi connectivity index (χ2v) is 24.3. The van der Waals surface area contributed by atoms with Crippen LogP contribution in [0.3, 0.4) is 0 Å². The van der Waals surface area contributed by atoms with Crippen LogP contribution in [-0.2, 0) is 5.41 Å². The third kappa shape index (κ3) is 9.55. The predicted octanol–water partition coefficient (Wildman–Crippen LogP) is 21.4. The van der Waals surface area contributed by atoms with E-state index in [1.807, 2.05) is 0 Å². The van der Waals surface area contributed by atoms with Crippen LogP contribution in [-0.4, -0.2) is 6.71 Å². The fraction of sp³-hybridized carbons (Fsp3) is 0.0345. The van der Waals surface area contributed by atoms with Gasteiger partial charge in [-0.15, -0.1) is 0 Å². The topological polar surface area (TPSA) is 6.48 Å². The minimum Gasteiger partial charge on any atom is -0.310 e. The average molecular weight is 1150 g/mol. The molecule has 0 N–H and O–H groups in total. The monoisotopic (exact) mass is 1150 g/mol. The fourth-order valence-electron chi connectivity index (χ4n) is 14.2. The summed E-state index contributed by atoms with van der Waals surface area (Å²) in [4.78, 5) is 5.37. The molecule has 2 heterocycles. The molecule has 424 valence electrons. The molecule has 0 atom stereocenters.